The Morgan fingerprint density at radius 1 is 1.12 bits per heavy atom. The van der Waals surface area contributed by atoms with E-state index in [9.17, 15) is 4.79 Å². The van der Waals surface area contributed by atoms with Gasteiger partial charge in [-0.25, -0.2) is 9.78 Å². The molecular weight excluding hydrogens is 326 g/mol. The Hall–Kier alpha value is -2.59. The molecule has 3 rings (SSSR count). The van der Waals surface area contributed by atoms with Crippen LogP contribution in [-0.4, -0.2) is 24.2 Å². The minimum atomic E-state index is -0.425. The molecule has 4 nitrogen and oxygen atoms in total. The fourth-order valence-electron chi connectivity index (χ4n) is 2.41. The van der Waals surface area contributed by atoms with Gasteiger partial charge in [-0.15, -0.1) is 0 Å². The van der Waals surface area contributed by atoms with E-state index in [2.05, 4.69) is 4.98 Å². The fraction of sp³-hybridized carbons (Fsp3) is 0.158. The Balaban J connectivity index is 2.03. The van der Waals surface area contributed by atoms with Crippen molar-refractivity contribution < 1.29 is 14.3 Å². The van der Waals surface area contributed by atoms with E-state index in [1.165, 1.54) is 0 Å². The van der Waals surface area contributed by atoms with Crippen LogP contribution in [0.25, 0.3) is 22.0 Å². The van der Waals surface area contributed by atoms with Gasteiger partial charge in [-0.1, -0.05) is 48.0 Å². The molecular formula is C19H16ClNO3. The summed E-state index contributed by atoms with van der Waals surface area (Å²) < 4.78 is 10.5. The minimum Gasteiger partial charge on any atom is -0.465 e. The maximum absolute atomic E-state index is 11.6. The van der Waals surface area contributed by atoms with E-state index < -0.39 is 5.97 Å². The lowest BCUT2D eigenvalue weighted by atomic mass is 10.1. The van der Waals surface area contributed by atoms with Crippen LogP contribution in [0.4, 0.5) is 0 Å². The van der Waals surface area contributed by atoms with Gasteiger partial charge in [0, 0.05) is 16.0 Å². The zero-order chi connectivity index (χ0) is 16.9. The van der Waals surface area contributed by atoms with Crippen LogP contribution in [0.2, 0.25) is 5.02 Å². The number of aromatic nitrogens is 1. The molecule has 0 saturated carbocycles. The summed E-state index contributed by atoms with van der Waals surface area (Å²) in [4.78, 5) is 16.1. The summed E-state index contributed by atoms with van der Waals surface area (Å²) in [6.07, 6.45) is 0. The lowest BCUT2D eigenvalue weighted by molar-refractivity contribution is -0.145. The molecule has 0 saturated heterocycles. The number of halogens is 1. The maximum Gasteiger partial charge on any atom is 0.344 e. The number of carbonyl (C=O) groups is 1. The number of rotatable bonds is 5. The molecule has 0 fully saturated rings. The van der Waals surface area contributed by atoms with Gasteiger partial charge in [0.05, 0.1) is 12.3 Å². The van der Waals surface area contributed by atoms with Crippen molar-refractivity contribution in [3.63, 3.8) is 0 Å². The predicted molar refractivity (Wildman–Crippen MR) is 94.3 cm³/mol. The van der Waals surface area contributed by atoms with E-state index in [1.807, 2.05) is 54.6 Å². The number of pyridine rings is 1. The molecule has 0 amide bonds. The van der Waals surface area contributed by atoms with Crippen molar-refractivity contribution in [2.75, 3.05) is 13.2 Å². The molecule has 0 bridgehead atoms. The van der Waals surface area contributed by atoms with Crippen molar-refractivity contribution in [3.8, 4) is 17.1 Å². The summed E-state index contributed by atoms with van der Waals surface area (Å²) in [5.41, 5.74) is 1.50. The Morgan fingerprint density at radius 2 is 1.88 bits per heavy atom. The molecule has 0 aliphatic carbocycles. The van der Waals surface area contributed by atoms with Crippen molar-refractivity contribution in [1.29, 1.82) is 0 Å². The van der Waals surface area contributed by atoms with Crippen LogP contribution in [0.15, 0.2) is 54.6 Å². The van der Waals surface area contributed by atoms with Crippen LogP contribution in [0.5, 0.6) is 5.88 Å². The average molecular weight is 342 g/mol. The van der Waals surface area contributed by atoms with Gasteiger partial charge < -0.3 is 9.47 Å². The molecule has 1 aromatic heterocycles. The number of carbonyl (C=O) groups excluding carboxylic acids is 1. The quantitative estimate of drug-likeness (QED) is 0.641. The molecule has 0 aliphatic rings. The Morgan fingerprint density at radius 3 is 2.67 bits per heavy atom. The molecule has 2 aromatic carbocycles. The van der Waals surface area contributed by atoms with Crippen LogP contribution in [0, 0.1) is 0 Å². The number of hydrogen-bond donors (Lipinski definition) is 0. The number of esters is 1. The molecule has 1 heterocycles. The van der Waals surface area contributed by atoms with Gasteiger partial charge in [-0.05, 0) is 30.5 Å². The van der Waals surface area contributed by atoms with Crippen molar-refractivity contribution >= 4 is 28.3 Å². The number of ether oxygens (including phenoxy) is 2. The van der Waals surface area contributed by atoms with Gasteiger partial charge in [-0.3, -0.25) is 0 Å². The van der Waals surface area contributed by atoms with Crippen LogP contribution < -0.4 is 4.74 Å². The second-order valence-corrected chi connectivity index (χ2v) is 5.51. The highest BCUT2D eigenvalue weighted by molar-refractivity contribution is 6.33. The van der Waals surface area contributed by atoms with Crippen LogP contribution in [-0.2, 0) is 9.53 Å². The van der Waals surface area contributed by atoms with Crippen LogP contribution in [0.3, 0.4) is 0 Å². The average Bonchev–Trinajstić information content (AvgIpc) is 2.60. The van der Waals surface area contributed by atoms with Crippen molar-refractivity contribution in [3.05, 3.63) is 59.6 Å². The standard InChI is InChI=1S/C19H16ClNO3/c1-2-23-18(22)12-24-19-14-8-4-3-7-13(14)11-17(21-19)15-9-5-6-10-16(15)20/h3-11H,2,12H2,1H3. The maximum atomic E-state index is 11.6. The van der Waals surface area contributed by atoms with E-state index in [0.717, 1.165) is 16.3 Å². The predicted octanol–water partition coefficient (Wildman–Crippen LogP) is 4.50. The number of benzene rings is 2. The monoisotopic (exact) mass is 341 g/mol. The molecule has 0 atom stereocenters. The molecule has 122 valence electrons. The van der Waals surface area contributed by atoms with Crippen molar-refractivity contribution in [2.24, 2.45) is 0 Å². The highest BCUT2D eigenvalue weighted by atomic mass is 35.5. The summed E-state index contributed by atoms with van der Waals surface area (Å²) in [5.74, 6) is -0.0393. The zero-order valence-corrected chi connectivity index (χ0v) is 13.9. The van der Waals surface area contributed by atoms with Crippen molar-refractivity contribution in [1.82, 2.24) is 4.98 Å². The van der Waals surface area contributed by atoms with Crippen LogP contribution in [0.1, 0.15) is 6.92 Å². The first kappa shape index (κ1) is 16.3. The number of nitrogens with zero attached hydrogens (tertiary/aromatic N) is 1. The first-order valence-electron chi connectivity index (χ1n) is 7.62. The molecule has 3 aromatic rings. The van der Waals surface area contributed by atoms with Crippen LogP contribution >= 0.6 is 11.6 Å². The van der Waals surface area contributed by atoms with E-state index in [-0.39, 0.29) is 6.61 Å². The smallest absolute Gasteiger partial charge is 0.344 e. The highest BCUT2D eigenvalue weighted by Crippen LogP contribution is 2.32. The Labute approximate surface area is 145 Å². The number of hydrogen-bond acceptors (Lipinski definition) is 4. The summed E-state index contributed by atoms with van der Waals surface area (Å²) in [6, 6.07) is 17.1. The summed E-state index contributed by atoms with van der Waals surface area (Å²) in [6.45, 7) is 1.89. The third-order valence-corrected chi connectivity index (χ3v) is 3.82. The SMILES string of the molecule is CCOC(=O)COc1nc(-c2ccccc2Cl)cc2ccccc12. The fourth-order valence-corrected chi connectivity index (χ4v) is 2.65. The second kappa shape index (κ2) is 7.32. The largest absolute Gasteiger partial charge is 0.465 e. The summed E-state index contributed by atoms with van der Waals surface area (Å²) in [5, 5.41) is 2.40. The van der Waals surface area contributed by atoms with Gasteiger partial charge in [0.2, 0.25) is 5.88 Å². The van der Waals surface area contributed by atoms with Gasteiger partial charge in [0.1, 0.15) is 0 Å². The molecule has 0 N–H and O–H groups in total. The van der Waals surface area contributed by atoms with Gasteiger partial charge in [0.25, 0.3) is 0 Å². The van der Waals surface area contributed by atoms with Gasteiger partial charge >= 0.3 is 5.97 Å². The molecule has 24 heavy (non-hydrogen) atoms. The van der Waals surface area contributed by atoms with Gasteiger partial charge in [-0.2, -0.15) is 0 Å². The summed E-state index contributed by atoms with van der Waals surface area (Å²) in [7, 11) is 0. The molecule has 0 spiro atoms. The molecule has 0 unspecified atom stereocenters. The highest BCUT2D eigenvalue weighted by Gasteiger charge is 2.12. The molecule has 5 heteroatoms. The second-order valence-electron chi connectivity index (χ2n) is 5.11. The molecule has 0 aliphatic heterocycles. The number of fused-ring (bicyclic) bond motifs is 1. The van der Waals surface area contributed by atoms with Gasteiger partial charge in [0.15, 0.2) is 6.61 Å². The van der Waals surface area contributed by atoms with E-state index in [4.69, 9.17) is 21.1 Å². The first-order chi connectivity index (χ1) is 11.7. The third kappa shape index (κ3) is 3.49. The lowest BCUT2D eigenvalue weighted by Crippen LogP contribution is -2.15. The van der Waals surface area contributed by atoms with E-state index >= 15 is 0 Å². The molecule has 0 radical (unpaired) electrons. The van der Waals surface area contributed by atoms with E-state index in [0.29, 0.717) is 23.2 Å². The summed E-state index contributed by atoms with van der Waals surface area (Å²) >= 11 is 6.28. The third-order valence-electron chi connectivity index (χ3n) is 3.49. The Bertz CT molecular complexity index is 879. The van der Waals surface area contributed by atoms with E-state index in [1.54, 1.807) is 6.92 Å². The van der Waals surface area contributed by atoms with Crippen molar-refractivity contribution in [2.45, 2.75) is 6.92 Å². The first-order valence-corrected chi connectivity index (χ1v) is 8.00. The lowest BCUT2D eigenvalue weighted by Gasteiger charge is -2.11. The topological polar surface area (TPSA) is 48.4 Å². The minimum absolute atomic E-state index is 0.184. The Kier molecular flexibility index (Phi) is 4.96. The zero-order valence-electron chi connectivity index (χ0n) is 13.2. The normalized spacial score (nSPS) is 10.6.